The van der Waals surface area contributed by atoms with Crippen molar-refractivity contribution in [3.63, 3.8) is 0 Å². The van der Waals surface area contributed by atoms with Gasteiger partial charge < -0.3 is 15.6 Å². The second-order valence-corrected chi connectivity index (χ2v) is 3.54. The first-order valence-electron chi connectivity index (χ1n) is 4.70. The van der Waals surface area contributed by atoms with Crippen LogP contribution in [0.2, 0.25) is 0 Å². The average molecular weight is 209 g/mol. The Labute approximate surface area is 85.8 Å². The van der Waals surface area contributed by atoms with Gasteiger partial charge in [-0.25, -0.2) is 0 Å². The van der Waals surface area contributed by atoms with Crippen molar-refractivity contribution in [3.05, 3.63) is 17.5 Å². The minimum atomic E-state index is -0.589. The van der Waals surface area contributed by atoms with Crippen LogP contribution in [0.5, 0.6) is 0 Å². The lowest BCUT2D eigenvalue weighted by atomic mass is 10.3. The second-order valence-electron chi connectivity index (χ2n) is 3.54. The number of primary amides is 1. The molecule has 6 nitrogen and oxygen atoms in total. The molecule has 0 radical (unpaired) electrons. The molecule has 0 saturated heterocycles. The Balaban J connectivity index is 1.95. The lowest BCUT2D eigenvalue weighted by Gasteiger charge is -1.96. The highest BCUT2D eigenvalue weighted by Gasteiger charge is 2.28. The lowest BCUT2D eigenvalue weighted by Crippen LogP contribution is -2.33. The molecule has 0 aromatic carbocycles. The van der Waals surface area contributed by atoms with Crippen molar-refractivity contribution in [2.45, 2.75) is 18.8 Å². The highest BCUT2D eigenvalue weighted by molar-refractivity contribution is 5.94. The van der Waals surface area contributed by atoms with E-state index in [-0.39, 0.29) is 12.2 Å². The zero-order valence-corrected chi connectivity index (χ0v) is 8.03. The van der Waals surface area contributed by atoms with Crippen LogP contribution in [0.4, 0.5) is 0 Å². The van der Waals surface area contributed by atoms with Gasteiger partial charge in [-0.05, 0) is 12.8 Å². The highest BCUT2D eigenvalue weighted by atomic mass is 16.5. The quantitative estimate of drug-likeness (QED) is 0.715. The average Bonchev–Trinajstić information content (AvgIpc) is 2.93. The van der Waals surface area contributed by atoms with Gasteiger partial charge in [-0.1, -0.05) is 5.16 Å². The number of carbonyl (C=O) groups excluding carboxylic acids is 2. The summed E-state index contributed by atoms with van der Waals surface area (Å²) in [6, 6.07) is 1.61. The first-order chi connectivity index (χ1) is 7.16. The van der Waals surface area contributed by atoms with Gasteiger partial charge in [-0.3, -0.25) is 9.59 Å². The van der Waals surface area contributed by atoms with Crippen LogP contribution in [-0.4, -0.2) is 23.5 Å². The molecular formula is C9H11N3O3. The van der Waals surface area contributed by atoms with Crippen LogP contribution < -0.4 is 11.1 Å². The zero-order chi connectivity index (χ0) is 10.8. The largest absolute Gasteiger partial charge is 0.368 e. The van der Waals surface area contributed by atoms with Gasteiger partial charge in [0.2, 0.25) is 5.91 Å². The minimum absolute atomic E-state index is 0.190. The van der Waals surface area contributed by atoms with E-state index in [1.165, 1.54) is 0 Å². The molecular weight excluding hydrogens is 198 g/mol. The number of carbonyl (C=O) groups is 2. The van der Waals surface area contributed by atoms with E-state index in [1.54, 1.807) is 6.07 Å². The van der Waals surface area contributed by atoms with Gasteiger partial charge in [0.1, 0.15) is 5.76 Å². The van der Waals surface area contributed by atoms with Crippen molar-refractivity contribution in [1.82, 2.24) is 10.5 Å². The number of hydrogen-bond acceptors (Lipinski definition) is 4. The van der Waals surface area contributed by atoms with Gasteiger partial charge >= 0.3 is 0 Å². The molecule has 6 heteroatoms. The molecule has 1 aromatic rings. The second kappa shape index (κ2) is 3.72. The van der Waals surface area contributed by atoms with E-state index < -0.39 is 11.8 Å². The van der Waals surface area contributed by atoms with Crippen LogP contribution in [0, 0.1) is 0 Å². The summed E-state index contributed by atoms with van der Waals surface area (Å²) in [5.41, 5.74) is 5.08. The maximum atomic E-state index is 11.4. The monoisotopic (exact) mass is 209 g/mol. The van der Waals surface area contributed by atoms with E-state index in [0.717, 1.165) is 18.6 Å². The summed E-state index contributed by atoms with van der Waals surface area (Å²) >= 11 is 0. The van der Waals surface area contributed by atoms with E-state index in [2.05, 4.69) is 10.5 Å². The molecule has 0 unspecified atom stereocenters. The molecule has 80 valence electrons. The summed E-state index contributed by atoms with van der Waals surface area (Å²) in [6.07, 6.45) is 2.16. The Bertz CT molecular complexity index is 395. The minimum Gasteiger partial charge on any atom is -0.368 e. The molecule has 2 amide bonds. The summed E-state index contributed by atoms with van der Waals surface area (Å²) in [7, 11) is 0. The van der Waals surface area contributed by atoms with E-state index >= 15 is 0 Å². The third-order valence-electron chi connectivity index (χ3n) is 2.16. The van der Waals surface area contributed by atoms with Crippen molar-refractivity contribution >= 4 is 11.8 Å². The topological polar surface area (TPSA) is 98.2 Å². The normalized spacial score (nSPS) is 14.9. The van der Waals surface area contributed by atoms with E-state index in [0.29, 0.717) is 5.92 Å². The molecule has 3 N–H and O–H groups in total. The zero-order valence-electron chi connectivity index (χ0n) is 8.03. The molecule has 0 atom stereocenters. The van der Waals surface area contributed by atoms with Crippen LogP contribution in [0.15, 0.2) is 10.6 Å². The number of rotatable bonds is 4. The fourth-order valence-electron chi connectivity index (χ4n) is 1.21. The van der Waals surface area contributed by atoms with Crippen LogP contribution in [0.1, 0.15) is 35.0 Å². The number of nitrogens with one attached hydrogen (secondary N) is 1. The maximum absolute atomic E-state index is 11.4. The standard InChI is InChI=1S/C9H11N3O3/c10-8(13)4-11-9(14)6-3-7(15-12-6)5-1-2-5/h3,5H,1-2,4H2,(H2,10,13)(H,11,14). The van der Waals surface area contributed by atoms with Crippen molar-refractivity contribution in [2.24, 2.45) is 5.73 Å². The third-order valence-corrected chi connectivity index (χ3v) is 2.16. The van der Waals surface area contributed by atoms with E-state index in [1.807, 2.05) is 0 Å². The Kier molecular flexibility index (Phi) is 2.40. The third kappa shape index (κ3) is 2.34. The predicted octanol–water partition coefficient (Wildman–Crippen LogP) is -0.233. The molecule has 1 aliphatic rings. The van der Waals surface area contributed by atoms with Gasteiger partial charge in [0.15, 0.2) is 5.69 Å². The molecule has 1 aliphatic carbocycles. The number of amides is 2. The summed E-state index contributed by atoms with van der Waals surface area (Å²) in [5.74, 6) is 0.119. The fraction of sp³-hybridized carbons (Fsp3) is 0.444. The molecule has 2 rings (SSSR count). The molecule has 1 heterocycles. The summed E-state index contributed by atoms with van der Waals surface area (Å²) < 4.78 is 4.99. The fourth-order valence-corrected chi connectivity index (χ4v) is 1.21. The van der Waals surface area contributed by atoms with Crippen molar-refractivity contribution < 1.29 is 14.1 Å². The Morgan fingerprint density at radius 2 is 2.33 bits per heavy atom. The molecule has 1 saturated carbocycles. The molecule has 15 heavy (non-hydrogen) atoms. The number of nitrogens with two attached hydrogens (primary N) is 1. The number of aromatic nitrogens is 1. The van der Waals surface area contributed by atoms with Gasteiger partial charge in [-0.15, -0.1) is 0 Å². The van der Waals surface area contributed by atoms with Crippen LogP contribution in [0.25, 0.3) is 0 Å². The number of hydrogen-bond donors (Lipinski definition) is 2. The van der Waals surface area contributed by atoms with Crippen molar-refractivity contribution in [1.29, 1.82) is 0 Å². The SMILES string of the molecule is NC(=O)CNC(=O)c1cc(C2CC2)on1. The molecule has 0 spiro atoms. The Hall–Kier alpha value is -1.85. The first kappa shape index (κ1) is 9.70. The van der Waals surface area contributed by atoms with Gasteiger partial charge in [-0.2, -0.15) is 0 Å². The summed E-state index contributed by atoms with van der Waals surface area (Å²) in [4.78, 5) is 21.8. The Morgan fingerprint density at radius 1 is 1.60 bits per heavy atom. The van der Waals surface area contributed by atoms with Gasteiger partial charge in [0.05, 0.1) is 6.54 Å². The molecule has 0 aliphatic heterocycles. The highest BCUT2D eigenvalue weighted by Crippen LogP contribution is 2.40. The lowest BCUT2D eigenvalue weighted by molar-refractivity contribution is -0.117. The van der Waals surface area contributed by atoms with Crippen molar-refractivity contribution in [2.75, 3.05) is 6.54 Å². The summed E-state index contributed by atoms with van der Waals surface area (Å²) in [5, 5.41) is 5.95. The summed E-state index contributed by atoms with van der Waals surface area (Å²) in [6.45, 7) is -0.190. The molecule has 1 fully saturated rings. The van der Waals surface area contributed by atoms with Gasteiger partial charge in [0, 0.05) is 12.0 Å². The van der Waals surface area contributed by atoms with Crippen LogP contribution >= 0.6 is 0 Å². The van der Waals surface area contributed by atoms with Crippen LogP contribution in [-0.2, 0) is 4.79 Å². The first-order valence-corrected chi connectivity index (χ1v) is 4.70. The maximum Gasteiger partial charge on any atom is 0.273 e. The van der Waals surface area contributed by atoms with E-state index in [9.17, 15) is 9.59 Å². The van der Waals surface area contributed by atoms with Crippen LogP contribution in [0.3, 0.4) is 0 Å². The molecule has 1 aromatic heterocycles. The van der Waals surface area contributed by atoms with Crippen molar-refractivity contribution in [3.8, 4) is 0 Å². The number of nitrogens with zero attached hydrogens (tertiary/aromatic N) is 1. The van der Waals surface area contributed by atoms with Gasteiger partial charge in [0.25, 0.3) is 5.91 Å². The van der Waals surface area contributed by atoms with E-state index in [4.69, 9.17) is 10.3 Å². The predicted molar refractivity (Wildman–Crippen MR) is 50.0 cm³/mol. The smallest absolute Gasteiger partial charge is 0.273 e. The Morgan fingerprint density at radius 3 is 2.93 bits per heavy atom. The molecule has 0 bridgehead atoms.